The Hall–Kier alpha value is -3.88. The number of rotatable bonds is 9. The van der Waals surface area contributed by atoms with Crippen LogP contribution in [0.5, 0.6) is 0 Å². The Morgan fingerprint density at radius 1 is 1.09 bits per heavy atom. The Bertz CT molecular complexity index is 1160. The molecule has 2 aromatic heterocycles. The molecule has 0 radical (unpaired) electrons. The zero-order valence-electron chi connectivity index (χ0n) is 20.0. The van der Waals surface area contributed by atoms with Gasteiger partial charge in [-0.15, -0.1) is 0 Å². The second-order valence-corrected chi connectivity index (χ2v) is 8.88. The third-order valence-corrected chi connectivity index (χ3v) is 6.03. The molecule has 0 aliphatic heterocycles. The predicted octanol–water partition coefficient (Wildman–Crippen LogP) is 4.44. The van der Waals surface area contributed by atoms with Gasteiger partial charge in [0.05, 0.1) is 6.26 Å². The quantitative estimate of drug-likeness (QED) is 0.470. The average molecular weight is 479 g/mol. The molecular weight excluding hydrogens is 448 g/mol. The molecule has 1 saturated carbocycles. The Labute approximate surface area is 203 Å². The normalized spacial score (nSPS) is 14.5. The molecule has 3 aromatic rings. The number of furan rings is 1. The molecule has 0 spiro atoms. The van der Waals surface area contributed by atoms with Crippen LogP contribution < -0.4 is 15.5 Å². The zero-order valence-corrected chi connectivity index (χ0v) is 20.0. The summed E-state index contributed by atoms with van der Waals surface area (Å²) in [6, 6.07) is 11.4. The van der Waals surface area contributed by atoms with Crippen LogP contribution in [-0.2, 0) is 14.4 Å². The Morgan fingerprint density at radius 3 is 2.54 bits per heavy atom. The van der Waals surface area contributed by atoms with Crippen LogP contribution in [0.2, 0.25) is 0 Å². The highest BCUT2D eigenvalue weighted by atomic mass is 16.5. The first-order chi connectivity index (χ1) is 16.9. The van der Waals surface area contributed by atoms with Gasteiger partial charge in [-0.2, -0.15) is 0 Å². The molecular formula is C26H30N4O5. The lowest BCUT2D eigenvalue weighted by Crippen LogP contribution is -2.46. The van der Waals surface area contributed by atoms with E-state index >= 15 is 0 Å². The van der Waals surface area contributed by atoms with Crippen LogP contribution in [0, 0.1) is 13.8 Å². The number of hydrogen-bond donors (Lipinski definition) is 2. The summed E-state index contributed by atoms with van der Waals surface area (Å²) in [4.78, 5) is 41.0. The van der Waals surface area contributed by atoms with E-state index in [1.807, 2.05) is 25.1 Å². The lowest BCUT2D eigenvalue weighted by molar-refractivity contribution is -0.128. The van der Waals surface area contributed by atoms with Gasteiger partial charge < -0.3 is 19.6 Å². The molecule has 4 rings (SSSR count). The Kier molecular flexibility index (Phi) is 7.64. The van der Waals surface area contributed by atoms with E-state index < -0.39 is 6.04 Å². The van der Waals surface area contributed by atoms with Gasteiger partial charge in [-0.3, -0.25) is 19.3 Å². The second-order valence-electron chi connectivity index (χ2n) is 8.88. The maximum Gasteiger partial charge on any atom is 0.251 e. The van der Waals surface area contributed by atoms with Gasteiger partial charge in [0.1, 0.15) is 11.5 Å². The highest BCUT2D eigenvalue weighted by Crippen LogP contribution is 2.31. The Morgan fingerprint density at radius 2 is 1.89 bits per heavy atom. The number of amides is 3. The van der Waals surface area contributed by atoms with Crippen LogP contribution >= 0.6 is 0 Å². The van der Waals surface area contributed by atoms with Crippen LogP contribution in [0.15, 0.2) is 57.7 Å². The summed E-state index contributed by atoms with van der Waals surface area (Å²) in [5.74, 6) is 0.171. The van der Waals surface area contributed by atoms with E-state index in [0.29, 0.717) is 23.0 Å². The lowest BCUT2D eigenvalue weighted by Gasteiger charge is -2.31. The molecule has 0 saturated heterocycles. The molecule has 1 aliphatic carbocycles. The summed E-state index contributed by atoms with van der Waals surface area (Å²) in [5, 5.41) is 9.46. The number of aryl methyl sites for hydroxylation is 2. The Balaban J connectivity index is 1.58. The van der Waals surface area contributed by atoms with Crippen molar-refractivity contribution in [1.29, 1.82) is 0 Å². The monoisotopic (exact) mass is 478 g/mol. The first-order valence-corrected chi connectivity index (χ1v) is 11.9. The molecule has 9 nitrogen and oxygen atoms in total. The molecule has 0 bridgehead atoms. The topological polar surface area (TPSA) is 118 Å². The molecule has 1 fully saturated rings. The molecule has 2 heterocycles. The lowest BCUT2D eigenvalue weighted by atomic mass is 10.1. The van der Waals surface area contributed by atoms with Gasteiger partial charge in [0.2, 0.25) is 11.8 Å². The van der Waals surface area contributed by atoms with E-state index in [-0.39, 0.29) is 36.6 Å². The molecule has 1 unspecified atom stereocenters. The summed E-state index contributed by atoms with van der Waals surface area (Å²) in [7, 11) is 0. The van der Waals surface area contributed by atoms with Crippen molar-refractivity contribution in [2.75, 3.05) is 10.2 Å². The molecule has 35 heavy (non-hydrogen) atoms. The summed E-state index contributed by atoms with van der Waals surface area (Å²) < 4.78 is 10.6. The van der Waals surface area contributed by atoms with Crippen molar-refractivity contribution >= 4 is 29.2 Å². The van der Waals surface area contributed by atoms with Crippen LogP contribution in [-0.4, -0.2) is 28.9 Å². The molecule has 1 aromatic carbocycles. The predicted molar refractivity (Wildman–Crippen MR) is 130 cm³/mol. The second kappa shape index (κ2) is 11.0. The number of nitrogens with zero attached hydrogens (tertiary/aromatic N) is 2. The summed E-state index contributed by atoms with van der Waals surface area (Å²) in [6.45, 7) is 3.64. The van der Waals surface area contributed by atoms with Crippen molar-refractivity contribution in [3.8, 4) is 0 Å². The summed E-state index contributed by atoms with van der Waals surface area (Å²) in [5.41, 5.74) is 1.50. The minimum atomic E-state index is -0.999. The standard InChI is InChI=1S/C26H30N4O5/c1-17-7-5-10-20(15-17)30(24(32)13-12-23(31)28-22-16-18(2)35-29-22)25(21-11-6-14-34-21)26(33)27-19-8-3-4-9-19/h5-7,10-11,14-16,19,25H,3-4,8-9,12-13H2,1-2H3,(H,27,33)(H,28,29,31). The summed E-state index contributed by atoms with van der Waals surface area (Å²) >= 11 is 0. The van der Waals surface area contributed by atoms with Gasteiger partial charge in [-0.1, -0.05) is 30.1 Å². The molecule has 1 aliphatic rings. The summed E-state index contributed by atoms with van der Waals surface area (Å²) in [6.07, 6.45) is 5.26. The van der Waals surface area contributed by atoms with Crippen molar-refractivity contribution in [1.82, 2.24) is 10.5 Å². The van der Waals surface area contributed by atoms with Crippen LogP contribution in [0.3, 0.4) is 0 Å². The number of carbonyl (C=O) groups is 3. The number of hydrogen-bond acceptors (Lipinski definition) is 6. The van der Waals surface area contributed by atoms with Gasteiger partial charge in [0.25, 0.3) is 5.91 Å². The SMILES string of the molecule is Cc1cccc(N(C(=O)CCC(=O)Nc2cc(C)on2)C(C(=O)NC2CCCC2)c2ccco2)c1. The highest BCUT2D eigenvalue weighted by Gasteiger charge is 2.36. The van der Waals surface area contributed by atoms with E-state index in [1.165, 1.54) is 11.2 Å². The number of aromatic nitrogens is 1. The smallest absolute Gasteiger partial charge is 0.251 e. The van der Waals surface area contributed by atoms with Gasteiger partial charge in [-0.25, -0.2) is 0 Å². The van der Waals surface area contributed by atoms with Gasteiger partial charge in [0.15, 0.2) is 11.9 Å². The fourth-order valence-corrected chi connectivity index (χ4v) is 4.36. The molecule has 1 atom stereocenters. The minimum Gasteiger partial charge on any atom is -0.467 e. The largest absolute Gasteiger partial charge is 0.467 e. The maximum atomic E-state index is 13.6. The zero-order chi connectivity index (χ0) is 24.8. The first-order valence-electron chi connectivity index (χ1n) is 11.9. The van der Waals surface area contributed by atoms with Crippen molar-refractivity contribution in [2.24, 2.45) is 0 Å². The van der Waals surface area contributed by atoms with E-state index in [0.717, 1.165) is 31.2 Å². The van der Waals surface area contributed by atoms with E-state index in [9.17, 15) is 14.4 Å². The van der Waals surface area contributed by atoms with E-state index in [2.05, 4.69) is 15.8 Å². The van der Waals surface area contributed by atoms with Crippen LogP contribution in [0.4, 0.5) is 11.5 Å². The molecule has 184 valence electrons. The molecule has 9 heteroatoms. The number of nitrogens with one attached hydrogen (secondary N) is 2. The van der Waals surface area contributed by atoms with Crippen LogP contribution in [0.25, 0.3) is 0 Å². The molecule has 2 N–H and O–H groups in total. The van der Waals surface area contributed by atoms with Crippen molar-refractivity contribution in [3.63, 3.8) is 0 Å². The van der Waals surface area contributed by atoms with E-state index in [1.54, 1.807) is 31.2 Å². The number of carbonyl (C=O) groups excluding carboxylic acids is 3. The molecule has 3 amide bonds. The third kappa shape index (κ3) is 6.17. The third-order valence-electron chi connectivity index (χ3n) is 6.03. The fraction of sp³-hybridized carbons (Fsp3) is 0.385. The van der Waals surface area contributed by atoms with Gasteiger partial charge in [-0.05, 0) is 56.5 Å². The first kappa shape index (κ1) is 24.3. The van der Waals surface area contributed by atoms with E-state index in [4.69, 9.17) is 8.94 Å². The number of benzene rings is 1. The number of anilines is 2. The van der Waals surface area contributed by atoms with Gasteiger partial charge in [0, 0.05) is 30.6 Å². The highest BCUT2D eigenvalue weighted by molar-refractivity contribution is 6.03. The fourth-order valence-electron chi connectivity index (χ4n) is 4.36. The minimum absolute atomic E-state index is 0.0751. The van der Waals surface area contributed by atoms with Crippen molar-refractivity contribution in [2.45, 2.75) is 64.5 Å². The van der Waals surface area contributed by atoms with Crippen molar-refractivity contribution < 1.29 is 23.3 Å². The average Bonchev–Trinajstić information content (AvgIpc) is 3.60. The van der Waals surface area contributed by atoms with Crippen molar-refractivity contribution in [3.05, 3.63) is 65.8 Å². The van der Waals surface area contributed by atoms with Crippen LogP contribution in [0.1, 0.15) is 61.7 Å². The maximum absolute atomic E-state index is 13.6. The van der Waals surface area contributed by atoms with Gasteiger partial charge >= 0.3 is 0 Å².